The first-order valence-corrected chi connectivity index (χ1v) is 9.92. The van der Waals surface area contributed by atoms with Gasteiger partial charge < -0.3 is 9.84 Å². The lowest BCUT2D eigenvalue weighted by atomic mass is 9.99. The van der Waals surface area contributed by atoms with E-state index in [1.54, 1.807) is 19.9 Å². The number of aromatic nitrogens is 1. The van der Waals surface area contributed by atoms with E-state index >= 15 is 0 Å². The molecular formula is C14H18ClN3O4S2. The molecule has 24 heavy (non-hydrogen) atoms. The molecule has 0 saturated carbocycles. The Bertz CT molecular complexity index is 816. The highest BCUT2D eigenvalue weighted by Crippen LogP contribution is 2.26. The maximum atomic E-state index is 12.5. The van der Waals surface area contributed by atoms with Crippen LogP contribution < -0.4 is 10.0 Å². The van der Waals surface area contributed by atoms with Gasteiger partial charge in [-0.25, -0.2) is 8.42 Å². The molecule has 0 aliphatic carbocycles. The first-order valence-electron chi connectivity index (χ1n) is 7.24. The van der Waals surface area contributed by atoms with Crippen molar-refractivity contribution in [1.82, 2.24) is 9.88 Å². The van der Waals surface area contributed by atoms with Crippen LogP contribution in [0.5, 0.6) is 0 Å². The fourth-order valence-electron chi connectivity index (χ4n) is 1.96. The van der Waals surface area contributed by atoms with Crippen molar-refractivity contribution in [2.45, 2.75) is 37.4 Å². The van der Waals surface area contributed by atoms with Gasteiger partial charge in [-0.15, -0.1) is 11.3 Å². The van der Waals surface area contributed by atoms with Crippen molar-refractivity contribution >= 4 is 44.7 Å². The normalized spacial score (nSPS) is 14.3. The molecule has 0 spiro atoms. The molecule has 2 atom stereocenters. The summed E-state index contributed by atoms with van der Waals surface area (Å²) < 4.78 is 32.7. The Morgan fingerprint density at radius 2 is 2.17 bits per heavy atom. The Morgan fingerprint density at radius 1 is 1.46 bits per heavy atom. The van der Waals surface area contributed by atoms with Gasteiger partial charge in [0, 0.05) is 6.07 Å². The van der Waals surface area contributed by atoms with Crippen LogP contribution in [0.25, 0.3) is 0 Å². The van der Waals surface area contributed by atoms with E-state index in [9.17, 15) is 13.2 Å². The largest absolute Gasteiger partial charge is 0.360 e. The average molecular weight is 392 g/mol. The van der Waals surface area contributed by atoms with Gasteiger partial charge >= 0.3 is 0 Å². The molecule has 0 aliphatic heterocycles. The number of hydrogen-bond donors (Lipinski definition) is 2. The third kappa shape index (κ3) is 4.56. The zero-order chi connectivity index (χ0) is 17.9. The Morgan fingerprint density at radius 3 is 2.67 bits per heavy atom. The smallest absolute Gasteiger partial charge is 0.250 e. The van der Waals surface area contributed by atoms with Gasteiger partial charge in [-0.3, -0.25) is 4.79 Å². The second-order valence-corrected chi connectivity index (χ2v) is 9.01. The minimum atomic E-state index is -3.85. The quantitative estimate of drug-likeness (QED) is 0.755. The highest BCUT2D eigenvalue weighted by Gasteiger charge is 2.31. The summed E-state index contributed by atoms with van der Waals surface area (Å²) in [6, 6.07) is 3.51. The molecule has 1 unspecified atom stereocenters. The fourth-order valence-corrected chi connectivity index (χ4v) is 4.76. The van der Waals surface area contributed by atoms with E-state index in [-0.39, 0.29) is 15.9 Å². The van der Waals surface area contributed by atoms with E-state index in [0.29, 0.717) is 16.5 Å². The molecule has 0 saturated heterocycles. The first-order chi connectivity index (χ1) is 11.2. The molecule has 0 bridgehead atoms. The number of nitrogens with one attached hydrogen (secondary N) is 2. The van der Waals surface area contributed by atoms with E-state index in [2.05, 4.69) is 15.2 Å². The number of hydrogen-bond acceptors (Lipinski definition) is 6. The van der Waals surface area contributed by atoms with Crippen molar-refractivity contribution in [2.24, 2.45) is 5.92 Å². The number of carbonyl (C=O) groups is 1. The molecule has 10 heteroatoms. The molecule has 0 aromatic carbocycles. The zero-order valence-corrected chi connectivity index (χ0v) is 15.8. The standard InChI is InChI=1S/C14H18ClN3O4S2/c1-4-8(2)13(14(19)16-11-7-9(3)22-17-11)18-24(20,21)12-6-5-10(15)23-12/h5-8,13,18H,4H2,1-3H3,(H,16,17,19)/t8?,13-/m0/s1. The Kier molecular flexibility index (Phi) is 6.02. The maximum absolute atomic E-state index is 12.5. The van der Waals surface area contributed by atoms with Crippen LogP contribution in [0, 0.1) is 12.8 Å². The molecule has 0 radical (unpaired) electrons. The van der Waals surface area contributed by atoms with Crippen molar-refractivity contribution in [3.05, 3.63) is 28.3 Å². The van der Waals surface area contributed by atoms with Gasteiger partial charge in [0.05, 0.1) is 4.34 Å². The summed E-state index contributed by atoms with van der Waals surface area (Å²) in [5, 5.41) is 6.25. The van der Waals surface area contributed by atoms with Crippen LogP contribution in [-0.2, 0) is 14.8 Å². The number of rotatable bonds is 7. The highest BCUT2D eigenvalue weighted by molar-refractivity contribution is 7.91. The fraction of sp³-hybridized carbons (Fsp3) is 0.429. The molecule has 7 nitrogen and oxygen atoms in total. The predicted molar refractivity (Wildman–Crippen MR) is 92.8 cm³/mol. The van der Waals surface area contributed by atoms with Crippen molar-refractivity contribution in [3.8, 4) is 0 Å². The summed E-state index contributed by atoms with van der Waals surface area (Å²) in [6.07, 6.45) is 0.615. The lowest BCUT2D eigenvalue weighted by molar-refractivity contribution is -0.118. The summed E-state index contributed by atoms with van der Waals surface area (Å²) in [6.45, 7) is 5.36. The Hall–Kier alpha value is -1.42. The highest BCUT2D eigenvalue weighted by atomic mass is 35.5. The minimum absolute atomic E-state index is 0.0610. The molecule has 2 N–H and O–H groups in total. The van der Waals surface area contributed by atoms with Crippen molar-refractivity contribution in [1.29, 1.82) is 0 Å². The number of aryl methyl sites for hydroxylation is 1. The molecule has 2 heterocycles. The van der Waals surface area contributed by atoms with Gasteiger partial charge in [-0.2, -0.15) is 4.72 Å². The van der Waals surface area contributed by atoms with E-state index in [0.717, 1.165) is 11.3 Å². The minimum Gasteiger partial charge on any atom is -0.360 e. The van der Waals surface area contributed by atoms with Crippen molar-refractivity contribution < 1.29 is 17.7 Å². The lowest BCUT2D eigenvalue weighted by Gasteiger charge is -2.22. The van der Waals surface area contributed by atoms with Crippen LogP contribution in [0.3, 0.4) is 0 Å². The van der Waals surface area contributed by atoms with Crippen LogP contribution in [0.15, 0.2) is 26.9 Å². The average Bonchev–Trinajstić information content (AvgIpc) is 3.13. The third-order valence-corrected chi connectivity index (χ3v) is 6.63. The first kappa shape index (κ1) is 18.9. The summed E-state index contributed by atoms with van der Waals surface area (Å²) in [5.74, 6) is 0.0652. The van der Waals surface area contributed by atoms with Crippen LogP contribution in [-0.4, -0.2) is 25.5 Å². The zero-order valence-electron chi connectivity index (χ0n) is 13.4. The number of halogens is 1. The second kappa shape index (κ2) is 7.64. The van der Waals surface area contributed by atoms with Crippen LogP contribution in [0.2, 0.25) is 4.34 Å². The summed E-state index contributed by atoms with van der Waals surface area (Å²) in [5.41, 5.74) is 0. The molecule has 2 rings (SSSR count). The van der Waals surface area contributed by atoms with Crippen LogP contribution in [0.1, 0.15) is 26.0 Å². The number of nitrogens with zero attached hydrogens (tertiary/aromatic N) is 1. The molecular weight excluding hydrogens is 374 g/mol. The van der Waals surface area contributed by atoms with E-state index < -0.39 is 22.0 Å². The molecule has 0 fully saturated rings. The molecule has 0 aliphatic rings. The Labute approximate surface area is 149 Å². The predicted octanol–water partition coefficient (Wildman–Crippen LogP) is 3.03. The molecule has 2 aromatic heterocycles. The Balaban J connectivity index is 2.20. The number of anilines is 1. The van der Waals surface area contributed by atoms with E-state index in [1.165, 1.54) is 12.1 Å². The topological polar surface area (TPSA) is 101 Å². The third-order valence-electron chi connectivity index (χ3n) is 3.47. The van der Waals surface area contributed by atoms with Gasteiger partial charge in [0.25, 0.3) is 10.0 Å². The summed E-state index contributed by atoms with van der Waals surface area (Å²) in [7, 11) is -3.85. The summed E-state index contributed by atoms with van der Waals surface area (Å²) in [4.78, 5) is 12.5. The van der Waals surface area contributed by atoms with Gasteiger partial charge in [-0.05, 0) is 25.0 Å². The van der Waals surface area contributed by atoms with E-state index in [1.807, 2.05) is 6.92 Å². The van der Waals surface area contributed by atoms with Crippen LogP contribution >= 0.6 is 22.9 Å². The van der Waals surface area contributed by atoms with Gasteiger partial charge in [0.2, 0.25) is 5.91 Å². The molecule has 1 amide bonds. The van der Waals surface area contributed by atoms with Crippen LogP contribution in [0.4, 0.5) is 5.82 Å². The van der Waals surface area contributed by atoms with Crippen molar-refractivity contribution in [3.63, 3.8) is 0 Å². The van der Waals surface area contributed by atoms with Gasteiger partial charge in [-0.1, -0.05) is 37.0 Å². The van der Waals surface area contributed by atoms with Crippen molar-refractivity contribution in [2.75, 3.05) is 5.32 Å². The monoisotopic (exact) mass is 391 g/mol. The van der Waals surface area contributed by atoms with Gasteiger partial charge in [0.15, 0.2) is 5.82 Å². The number of sulfonamides is 1. The lowest BCUT2D eigenvalue weighted by Crippen LogP contribution is -2.47. The molecule has 2 aromatic rings. The number of carbonyl (C=O) groups excluding carboxylic acids is 1. The number of thiophene rings is 1. The van der Waals surface area contributed by atoms with Gasteiger partial charge in [0.1, 0.15) is 16.0 Å². The maximum Gasteiger partial charge on any atom is 0.250 e. The SMILES string of the molecule is CCC(C)[C@H](NS(=O)(=O)c1ccc(Cl)s1)C(=O)Nc1cc(C)on1. The van der Waals surface area contributed by atoms with E-state index in [4.69, 9.17) is 16.1 Å². The second-order valence-electron chi connectivity index (χ2n) is 5.36. The number of amides is 1. The molecule has 132 valence electrons. The summed E-state index contributed by atoms with van der Waals surface area (Å²) >= 11 is 6.72.